The number of carbonyl (C=O) groups is 1. The van der Waals surface area contributed by atoms with Gasteiger partial charge in [0, 0.05) is 23.9 Å². The monoisotopic (exact) mass is 348 g/mol. The first-order chi connectivity index (χ1) is 12.6. The fourth-order valence-corrected chi connectivity index (χ4v) is 2.41. The van der Waals surface area contributed by atoms with Gasteiger partial charge in [0.2, 0.25) is 5.95 Å². The highest BCUT2D eigenvalue weighted by molar-refractivity contribution is 5.92. The molecule has 0 amide bonds. The van der Waals surface area contributed by atoms with Gasteiger partial charge in [0.05, 0.1) is 17.6 Å². The third kappa shape index (κ3) is 3.94. The second-order valence-electron chi connectivity index (χ2n) is 5.89. The van der Waals surface area contributed by atoms with Crippen molar-refractivity contribution in [2.24, 2.45) is 0 Å². The first-order valence-corrected chi connectivity index (χ1v) is 8.17. The second kappa shape index (κ2) is 7.60. The summed E-state index contributed by atoms with van der Waals surface area (Å²) in [5, 5.41) is 13.3. The van der Waals surface area contributed by atoms with E-state index in [9.17, 15) is 4.79 Å². The van der Waals surface area contributed by atoms with Crippen molar-refractivity contribution >= 4 is 28.9 Å². The maximum absolute atomic E-state index is 11.7. The van der Waals surface area contributed by atoms with E-state index in [0.29, 0.717) is 11.8 Å². The smallest absolute Gasteiger partial charge is 0.229 e. The molecular weight excluding hydrogens is 328 g/mol. The normalized spacial score (nSPS) is 10.4. The van der Waals surface area contributed by atoms with Gasteiger partial charge in [-0.2, -0.15) is 10.1 Å². The van der Waals surface area contributed by atoms with E-state index in [0.717, 1.165) is 28.2 Å². The Hall–Kier alpha value is -3.48. The Balaban J connectivity index is 1.86. The lowest BCUT2D eigenvalue weighted by atomic mass is 10.1. The van der Waals surface area contributed by atoms with Crippen molar-refractivity contribution in [2.75, 3.05) is 10.6 Å². The summed E-state index contributed by atoms with van der Waals surface area (Å²) in [6.07, 6.45) is 5.05. The van der Waals surface area contributed by atoms with E-state index in [1.807, 2.05) is 38.1 Å². The van der Waals surface area contributed by atoms with Crippen LogP contribution in [0.3, 0.4) is 0 Å². The predicted octanol–water partition coefficient (Wildman–Crippen LogP) is 3.60. The van der Waals surface area contributed by atoms with Crippen LogP contribution in [0.5, 0.6) is 0 Å². The van der Waals surface area contributed by atoms with Gasteiger partial charge in [0.15, 0.2) is 5.78 Å². The molecule has 26 heavy (non-hydrogen) atoms. The summed E-state index contributed by atoms with van der Waals surface area (Å²) in [5.41, 5.74) is 4.32. The third-order valence-corrected chi connectivity index (χ3v) is 3.91. The summed E-state index contributed by atoms with van der Waals surface area (Å²) in [5.74, 6) is 1.10. The molecule has 0 aliphatic heterocycles. The number of rotatable bonds is 7. The van der Waals surface area contributed by atoms with Crippen LogP contribution < -0.4 is 10.6 Å². The Morgan fingerprint density at radius 3 is 2.73 bits per heavy atom. The number of H-pyrrole nitrogens is 1. The van der Waals surface area contributed by atoms with Crippen LogP contribution in [-0.4, -0.2) is 25.9 Å². The van der Waals surface area contributed by atoms with Crippen LogP contribution in [0.4, 0.5) is 23.1 Å². The molecule has 0 fully saturated rings. The Kier molecular flexibility index (Phi) is 5.07. The minimum Gasteiger partial charge on any atom is -0.340 e. The quantitative estimate of drug-likeness (QED) is 0.565. The minimum absolute atomic E-state index is 0.0311. The van der Waals surface area contributed by atoms with Gasteiger partial charge < -0.3 is 10.6 Å². The Morgan fingerprint density at radius 1 is 1.19 bits per heavy atom. The largest absolute Gasteiger partial charge is 0.340 e. The predicted molar refractivity (Wildman–Crippen MR) is 102 cm³/mol. The zero-order chi connectivity index (χ0) is 18.5. The van der Waals surface area contributed by atoms with Gasteiger partial charge in [-0.1, -0.05) is 24.8 Å². The molecule has 3 rings (SSSR count). The zero-order valence-electron chi connectivity index (χ0n) is 14.7. The number of para-hydroxylation sites is 1. The molecule has 0 saturated heterocycles. The molecule has 0 saturated carbocycles. The lowest BCUT2D eigenvalue weighted by molar-refractivity contribution is -0.114. The number of ketones is 1. The molecule has 7 heteroatoms. The summed E-state index contributed by atoms with van der Waals surface area (Å²) in [7, 11) is 0. The van der Waals surface area contributed by atoms with E-state index in [4.69, 9.17) is 0 Å². The van der Waals surface area contributed by atoms with Crippen LogP contribution >= 0.6 is 0 Å². The number of nitrogens with zero attached hydrogens (tertiary/aromatic N) is 3. The standard InChI is InChI=1S/C19H20N6O/c1-4-15(26)9-14-7-5-6-8-16(14)22-18-12(2)10-20-19(24-18)23-17-11-21-25-13(17)3/h4-8,10-11H,1,9H2,2-3H3,(H,21,25)(H2,20,22,23,24). The molecule has 2 aromatic heterocycles. The number of aromatic amines is 1. The lowest BCUT2D eigenvalue weighted by Gasteiger charge is -2.13. The van der Waals surface area contributed by atoms with Crippen LogP contribution in [0, 0.1) is 13.8 Å². The van der Waals surface area contributed by atoms with Crippen LogP contribution in [0.25, 0.3) is 0 Å². The minimum atomic E-state index is -0.0311. The van der Waals surface area contributed by atoms with E-state index in [1.165, 1.54) is 6.08 Å². The highest BCUT2D eigenvalue weighted by Crippen LogP contribution is 2.24. The number of allylic oxidation sites excluding steroid dienone is 1. The molecule has 0 unspecified atom stereocenters. The molecule has 0 atom stereocenters. The second-order valence-corrected chi connectivity index (χ2v) is 5.89. The summed E-state index contributed by atoms with van der Waals surface area (Å²) in [6.45, 7) is 7.37. The molecule has 3 aromatic rings. The summed E-state index contributed by atoms with van der Waals surface area (Å²) in [4.78, 5) is 20.6. The van der Waals surface area contributed by atoms with Gasteiger partial charge in [0.25, 0.3) is 0 Å². The van der Waals surface area contributed by atoms with Crippen molar-refractivity contribution in [3.8, 4) is 0 Å². The van der Waals surface area contributed by atoms with Gasteiger partial charge in [-0.05, 0) is 31.6 Å². The summed E-state index contributed by atoms with van der Waals surface area (Å²) >= 11 is 0. The Labute approximate surface area is 151 Å². The van der Waals surface area contributed by atoms with Gasteiger partial charge in [-0.15, -0.1) is 0 Å². The Bertz CT molecular complexity index is 947. The SMILES string of the molecule is C=CC(=O)Cc1ccccc1Nc1nc(Nc2cn[nH]c2C)ncc1C. The van der Waals surface area contributed by atoms with Gasteiger partial charge in [-0.25, -0.2) is 4.98 Å². The lowest BCUT2D eigenvalue weighted by Crippen LogP contribution is -2.06. The highest BCUT2D eigenvalue weighted by Gasteiger charge is 2.10. The Morgan fingerprint density at radius 2 is 2.00 bits per heavy atom. The number of hydrogen-bond acceptors (Lipinski definition) is 6. The average Bonchev–Trinajstić information content (AvgIpc) is 3.04. The van der Waals surface area contributed by atoms with E-state index in [1.54, 1.807) is 12.4 Å². The molecule has 0 bridgehead atoms. The maximum atomic E-state index is 11.7. The van der Waals surface area contributed by atoms with Crippen molar-refractivity contribution in [1.29, 1.82) is 0 Å². The molecule has 2 heterocycles. The van der Waals surface area contributed by atoms with E-state index < -0.39 is 0 Å². The van der Waals surface area contributed by atoms with Crippen LogP contribution in [-0.2, 0) is 11.2 Å². The van der Waals surface area contributed by atoms with E-state index >= 15 is 0 Å². The number of benzene rings is 1. The highest BCUT2D eigenvalue weighted by atomic mass is 16.1. The number of carbonyl (C=O) groups excluding carboxylic acids is 1. The molecule has 0 radical (unpaired) electrons. The van der Waals surface area contributed by atoms with Crippen molar-refractivity contribution in [2.45, 2.75) is 20.3 Å². The van der Waals surface area contributed by atoms with E-state index in [-0.39, 0.29) is 12.2 Å². The van der Waals surface area contributed by atoms with Crippen molar-refractivity contribution in [3.63, 3.8) is 0 Å². The number of nitrogens with one attached hydrogen (secondary N) is 3. The molecule has 0 aliphatic rings. The van der Waals surface area contributed by atoms with Crippen molar-refractivity contribution in [1.82, 2.24) is 20.2 Å². The number of aryl methyl sites for hydroxylation is 2. The molecular formula is C19H20N6O. The van der Waals surface area contributed by atoms with Crippen LogP contribution in [0.1, 0.15) is 16.8 Å². The number of aromatic nitrogens is 4. The van der Waals surface area contributed by atoms with Gasteiger partial charge in [0.1, 0.15) is 5.82 Å². The first kappa shape index (κ1) is 17.3. The maximum Gasteiger partial charge on any atom is 0.229 e. The molecule has 3 N–H and O–H groups in total. The fraction of sp³-hybridized carbons (Fsp3) is 0.158. The molecule has 0 spiro atoms. The van der Waals surface area contributed by atoms with Crippen molar-refractivity contribution < 1.29 is 4.79 Å². The molecule has 7 nitrogen and oxygen atoms in total. The third-order valence-electron chi connectivity index (χ3n) is 3.91. The van der Waals surface area contributed by atoms with Gasteiger partial charge >= 0.3 is 0 Å². The van der Waals surface area contributed by atoms with Crippen molar-refractivity contribution in [3.05, 3.63) is 66.1 Å². The first-order valence-electron chi connectivity index (χ1n) is 8.17. The molecule has 132 valence electrons. The summed E-state index contributed by atoms with van der Waals surface area (Å²) in [6, 6.07) is 7.64. The van der Waals surface area contributed by atoms with Crippen LogP contribution in [0.15, 0.2) is 49.3 Å². The van der Waals surface area contributed by atoms with Gasteiger partial charge in [-0.3, -0.25) is 9.89 Å². The molecule has 1 aromatic carbocycles. The fourth-order valence-electron chi connectivity index (χ4n) is 2.41. The van der Waals surface area contributed by atoms with E-state index in [2.05, 4.69) is 37.4 Å². The topological polar surface area (TPSA) is 95.6 Å². The average molecular weight is 348 g/mol. The zero-order valence-corrected chi connectivity index (χ0v) is 14.7. The number of anilines is 4. The van der Waals surface area contributed by atoms with Crippen LogP contribution in [0.2, 0.25) is 0 Å². The summed E-state index contributed by atoms with van der Waals surface area (Å²) < 4.78 is 0. The number of hydrogen-bond donors (Lipinski definition) is 3. The molecule has 0 aliphatic carbocycles.